The average molecular weight is 433 g/mol. The van der Waals surface area contributed by atoms with Gasteiger partial charge in [-0.05, 0) is 61.0 Å². The molecule has 0 atom stereocenters. The molecule has 0 saturated carbocycles. The largest absolute Gasteiger partial charge is 0.354 e. The Morgan fingerprint density at radius 2 is 1.80 bits per heavy atom. The summed E-state index contributed by atoms with van der Waals surface area (Å²) in [6.07, 6.45) is 0. The van der Waals surface area contributed by atoms with Gasteiger partial charge < -0.3 is 5.32 Å². The number of nitrogens with zero attached hydrogens (tertiary/aromatic N) is 2. The highest BCUT2D eigenvalue weighted by molar-refractivity contribution is 7.99. The van der Waals surface area contributed by atoms with Crippen LogP contribution in [0.25, 0.3) is 11.3 Å². The van der Waals surface area contributed by atoms with Crippen LogP contribution in [0.2, 0.25) is 0 Å². The van der Waals surface area contributed by atoms with Gasteiger partial charge >= 0.3 is 0 Å². The summed E-state index contributed by atoms with van der Waals surface area (Å²) in [6.45, 7) is 1.97. The molecule has 4 aromatic rings. The number of aromatic nitrogens is 1. The molecule has 0 saturated heterocycles. The van der Waals surface area contributed by atoms with Crippen LogP contribution < -0.4 is 10.7 Å². The monoisotopic (exact) mass is 432 g/mol. The second kappa shape index (κ2) is 7.93. The van der Waals surface area contributed by atoms with E-state index in [9.17, 15) is 4.39 Å². The van der Waals surface area contributed by atoms with Crippen molar-refractivity contribution >= 4 is 45.3 Å². The maximum Gasteiger partial charge on any atom is 0.203 e. The normalized spacial score (nSPS) is 12.7. The Bertz CT molecular complexity index is 1250. The molecule has 0 radical (unpaired) electrons. The summed E-state index contributed by atoms with van der Waals surface area (Å²) >= 11 is 3.23. The third kappa shape index (κ3) is 3.81. The van der Waals surface area contributed by atoms with Gasteiger partial charge in [-0.1, -0.05) is 30.0 Å². The van der Waals surface area contributed by atoms with Gasteiger partial charge in [-0.2, -0.15) is 5.10 Å². The van der Waals surface area contributed by atoms with Gasteiger partial charge in [-0.25, -0.2) is 9.37 Å². The molecule has 0 aliphatic carbocycles. The Hall–Kier alpha value is -3.16. The molecule has 5 rings (SSSR count). The Balaban J connectivity index is 1.32. The van der Waals surface area contributed by atoms with E-state index >= 15 is 0 Å². The van der Waals surface area contributed by atoms with Crippen LogP contribution in [0.5, 0.6) is 0 Å². The predicted molar refractivity (Wildman–Crippen MR) is 124 cm³/mol. The first-order chi connectivity index (χ1) is 14.7. The SMILES string of the molecule is CC(=NNc1nc(-c2ccc(F)cc2)cs1)c1ccc2c(c1)Nc1ccccc1S2. The molecule has 0 amide bonds. The third-order valence-electron chi connectivity index (χ3n) is 4.74. The maximum absolute atomic E-state index is 13.1. The molecule has 1 aromatic heterocycles. The molecule has 0 fully saturated rings. The number of fused-ring (bicyclic) bond motifs is 2. The average Bonchev–Trinajstić information content (AvgIpc) is 3.25. The lowest BCUT2D eigenvalue weighted by atomic mass is 10.1. The first kappa shape index (κ1) is 18.8. The quantitative estimate of drug-likeness (QED) is 0.237. The fourth-order valence-electron chi connectivity index (χ4n) is 3.14. The summed E-state index contributed by atoms with van der Waals surface area (Å²) in [4.78, 5) is 6.96. The summed E-state index contributed by atoms with van der Waals surface area (Å²) in [5.41, 5.74) is 8.80. The summed E-state index contributed by atoms with van der Waals surface area (Å²) in [7, 11) is 0. The van der Waals surface area contributed by atoms with Crippen molar-refractivity contribution in [1.82, 2.24) is 4.98 Å². The zero-order chi connectivity index (χ0) is 20.5. The van der Waals surface area contributed by atoms with Gasteiger partial charge in [0.1, 0.15) is 5.82 Å². The topological polar surface area (TPSA) is 49.3 Å². The van der Waals surface area contributed by atoms with Crippen LogP contribution in [0, 0.1) is 5.82 Å². The van der Waals surface area contributed by atoms with Crippen LogP contribution in [0.4, 0.5) is 20.9 Å². The van der Waals surface area contributed by atoms with Crippen molar-refractivity contribution in [3.8, 4) is 11.3 Å². The maximum atomic E-state index is 13.1. The number of halogens is 1. The van der Waals surface area contributed by atoms with Crippen molar-refractivity contribution in [3.05, 3.63) is 83.5 Å². The smallest absolute Gasteiger partial charge is 0.203 e. The van der Waals surface area contributed by atoms with Gasteiger partial charge in [0.15, 0.2) is 0 Å². The predicted octanol–water partition coefficient (Wildman–Crippen LogP) is 6.99. The molecule has 1 aliphatic heterocycles. The fraction of sp³-hybridized carbons (Fsp3) is 0.0435. The first-order valence-electron chi connectivity index (χ1n) is 9.36. The molecule has 4 nitrogen and oxygen atoms in total. The van der Waals surface area contributed by atoms with Gasteiger partial charge in [0, 0.05) is 20.7 Å². The van der Waals surface area contributed by atoms with Crippen LogP contribution in [0.1, 0.15) is 12.5 Å². The highest BCUT2D eigenvalue weighted by atomic mass is 32.2. The molecule has 0 spiro atoms. The molecule has 7 heteroatoms. The molecule has 0 unspecified atom stereocenters. The standard InChI is InChI=1S/C23H17FN4S2/c1-14(27-28-23-26-20(13-29-23)15-6-9-17(24)10-7-15)16-8-11-22-19(12-16)25-18-4-2-3-5-21(18)30-22/h2-13,25H,1H3,(H,26,28). The zero-order valence-corrected chi connectivity index (χ0v) is 17.7. The van der Waals surface area contributed by atoms with Crippen molar-refractivity contribution in [1.29, 1.82) is 0 Å². The van der Waals surface area contributed by atoms with Crippen LogP contribution in [0.15, 0.2) is 87.0 Å². The van der Waals surface area contributed by atoms with Gasteiger partial charge in [0.25, 0.3) is 0 Å². The van der Waals surface area contributed by atoms with Gasteiger partial charge in [-0.3, -0.25) is 5.43 Å². The molecular weight excluding hydrogens is 415 g/mol. The highest BCUT2D eigenvalue weighted by Crippen LogP contribution is 2.44. The molecule has 2 N–H and O–H groups in total. The minimum Gasteiger partial charge on any atom is -0.354 e. The van der Waals surface area contributed by atoms with Gasteiger partial charge in [-0.15, -0.1) is 11.3 Å². The number of anilines is 3. The second-order valence-corrected chi connectivity index (χ2v) is 8.73. The summed E-state index contributed by atoms with van der Waals surface area (Å²) < 4.78 is 13.1. The van der Waals surface area contributed by atoms with E-state index in [-0.39, 0.29) is 5.82 Å². The Morgan fingerprint density at radius 1 is 1.00 bits per heavy atom. The van der Waals surface area contributed by atoms with E-state index in [0.29, 0.717) is 5.13 Å². The summed E-state index contributed by atoms with van der Waals surface area (Å²) in [5.74, 6) is -0.256. The number of thiazole rings is 1. The van der Waals surface area contributed by atoms with Gasteiger partial charge in [0.05, 0.1) is 22.8 Å². The molecule has 0 bridgehead atoms. The molecule has 3 aromatic carbocycles. The number of nitrogens with one attached hydrogen (secondary N) is 2. The minimum absolute atomic E-state index is 0.256. The van der Waals surface area contributed by atoms with Crippen LogP contribution in [-0.4, -0.2) is 10.7 Å². The second-order valence-electron chi connectivity index (χ2n) is 6.79. The minimum atomic E-state index is -0.256. The van der Waals surface area contributed by atoms with Crippen molar-refractivity contribution < 1.29 is 4.39 Å². The summed E-state index contributed by atoms with van der Waals surface area (Å²) in [6, 6.07) is 20.9. The Kier molecular flexibility index (Phi) is 4.98. The van der Waals surface area contributed by atoms with E-state index in [2.05, 4.69) is 57.2 Å². The number of hydrogen-bond acceptors (Lipinski definition) is 6. The van der Waals surface area contributed by atoms with Crippen LogP contribution in [0.3, 0.4) is 0 Å². The van der Waals surface area contributed by atoms with Crippen LogP contribution >= 0.6 is 23.1 Å². The summed E-state index contributed by atoms with van der Waals surface area (Å²) in [5, 5.41) is 10.6. The number of hydrazone groups is 1. The molecule has 2 heterocycles. The van der Waals surface area contributed by atoms with E-state index in [1.807, 2.05) is 18.4 Å². The fourth-order valence-corrected chi connectivity index (χ4v) is 4.77. The Morgan fingerprint density at radius 3 is 2.67 bits per heavy atom. The molecular formula is C23H17FN4S2. The highest BCUT2D eigenvalue weighted by Gasteiger charge is 2.16. The lowest BCUT2D eigenvalue weighted by Crippen LogP contribution is -2.04. The lowest BCUT2D eigenvalue weighted by molar-refractivity contribution is 0.628. The van der Waals surface area contributed by atoms with Crippen molar-refractivity contribution in [3.63, 3.8) is 0 Å². The van der Waals surface area contributed by atoms with Crippen molar-refractivity contribution in [2.75, 3.05) is 10.7 Å². The van der Waals surface area contributed by atoms with Crippen LogP contribution in [-0.2, 0) is 0 Å². The number of hydrogen-bond donors (Lipinski definition) is 2. The molecule has 30 heavy (non-hydrogen) atoms. The van der Waals surface area contributed by atoms with E-state index in [1.165, 1.54) is 33.3 Å². The number of benzene rings is 3. The molecule has 1 aliphatic rings. The molecule has 148 valence electrons. The third-order valence-corrected chi connectivity index (χ3v) is 6.64. The zero-order valence-electron chi connectivity index (χ0n) is 16.0. The van der Waals surface area contributed by atoms with E-state index < -0.39 is 0 Å². The number of rotatable bonds is 4. The van der Waals surface area contributed by atoms with Gasteiger partial charge in [0.2, 0.25) is 5.13 Å². The van der Waals surface area contributed by atoms with Crippen molar-refractivity contribution in [2.45, 2.75) is 16.7 Å². The van der Waals surface area contributed by atoms with E-state index in [0.717, 1.165) is 33.9 Å². The van der Waals surface area contributed by atoms with Crippen molar-refractivity contribution in [2.24, 2.45) is 5.10 Å². The van der Waals surface area contributed by atoms with E-state index in [1.54, 1.807) is 23.9 Å². The lowest BCUT2D eigenvalue weighted by Gasteiger charge is -2.21. The Labute approximate surface area is 181 Å². The van der Waals surface area contributed by atoms with E-state index in [4.69, 9.17) is 0 Å². The first-order valence-corrected chi connectivity index (χ1v) is 11.1. The number of para-hydroxylation sites is 1.